The molecule has 4 nitrogen and oxygen atoms in total. The first-order chi connectivity index (χ1) is 7.61. The van der Waals surface area contributed by atoms with E-state index in [4.69, 9.17) is 10.5 Å². The molecule has 1 aromatic carbocycles. The van der Waals surface area contributed by atoms with Gasteiger partial charge >= 0.3 is 0 Å². The number of carbonyl (C=O) groups is 1. The Kier molecular flexibility index (Phi) is 4.31. The second-order valence-corrected chi connectivity index (χ2v) is 3.71. The van der Waals surface area contributed by atoms with Crippen molar-refractivity contribution in [1.29, 1.82) is 0 Å². The van der Waals surface area contributed by atoms with E-state index in [-0.39, 0.29) is 11.8 Å². The zero-order valence-corrected chi connectivity index (χ0v) is 9.93. The molecular formula is C12H18N2O2. The summed E-state index contributed by atoms with van der Waals surface area (Å²) in [4.78, 5) is 13.5. The molecule has 4 heteroatoms. The Morgan fingerprint density at radius 3 is 2.69 bits per heavy atom. The Morgan fingerprint density at radius 2 is 2.12 bits per heavy atom. The second kappa shape index (κ2) is 5.51. The number of amides is 1. The van der Waals surface area contributed by atoms with Crippen molar-refractivity contribution >= 4 is 11.6 Å². The summed E-state index contributed by atoms with van der Waals surface area (Å²) >= 11 is 0. The summed E-state index contributed by atoms with van der Waals surface area (Å²) in [6, 6.07) is 7.41. The van der Waals surface area contributed by atoms with Crippen LogP contribution in [0.4, 0.5) is 5.69 Å². The molecular weight excluding hydrogens is 204 g/mol. The van der Waals surface area contributed by atoms with Crippen molar-refractivity contribution in [3.63, 3.8) is 0 Å². The molecule has 0 aliphatic rings. The molecule has 0 saturated heterocycles. The Labute approximate surface area is 96.0 Å². The van der Waals surface area contributed by atoms with E-state index in [1.165, 1.54) is 0 Å². The van der Waals surface area contributed by atoms with Crippen LogP contribution < -0.4 is 15.4 Å². The topological polar surface area (TPSA) is 55.6 Å². The van der Waals surface area contributed by atoms with Gasteiger partial charge in [0.05, 0.1) is 12.8 Å². The van der Waals surface area contributed by atoms with Crippen LogP contribution in [0.25, 0.3) is 0 Å². The molecule has 0 radical (unpaired) electrons. The Hall–Kier alpha value is -1.55. The molecule has 16 heavy (non-hydrogen) atoms. The van der Waals surface area contributed by atoms with Gasteiger partial charge in [0.1, 0.15) is 5.75 Å². The summed E-state index contributed by atoms with van der Waals surface area (Å²) in [5.74, 6) is 0.490. The first-order valence-electron chi connectivity index (χ1n) is 5.22. The minimum atomic E-state index is -0.185. The van der Waals surface area contributed by atoms with Crippen LogP contribution in [0, 0.1) is 5.92 Å². The highest BCUT2D eigenvalue weighted by Crippen LogP contribution is 2.27. The van der Waals surface area contributed by atoms with Crippen molar-refractivity contribution in [1.82, 2.24) is 0 Å². The van der Waals surface area contributed by atoms with E-state index in [0.717, 1.165) is 5.69 Å². The summed E-state index contributed by atoms with van der Waals surface area (Å²) in [6.45, 7) is 2.16. The first kappa shape index (κ1) is 12.5. The van der Waals surface area contributed by atoms with Crippen LogP contribution in [0.2, 0.25) is 0 Å². The Morgan fingerprint density at radius 1 is 1.50 bits per heavy atom. The predicted molar refractivity (Wildman–Crippen MR) is 64.6 cm³/mol. The third-order valence-electron chi connectivity index (χ3n) is 2.55. The highest BCUT2D eigenvalue weighted by molar-refractivity contribution is 5.95. The predicted octanol–water partition coefficient (Wildman–Crippen LogP) is 1.25. The van der Waals surface area contributed by atoms with E-state index in [2.05, 4.69) is 0 Å². The lowest BCUT2D eigenvalue weighted by molar-refractivity contribution is -0.121. The van der Waals surface area contributed by atoms with E-state index in [1.54, 1.807) is 19.1 Å². The van der Waals surface area contributed by atoms with E-state index < -0.39 is 0 Å². The number of nitrogens with two attached hydrogens (primary N) is 1. The zero-order chi connectivity index (χ0) is 12.1. The molecule has 0 aliphatic heterocycles. The van der Waals surface area contributed by atoms with Gasteiger partial charge in [-0.15, -0.1) is 0 Å². The van der Waals surface area contributed by atoms with E-state index >= 15 is 0 Å². The van der Waals surface area contributed by atoms with Crippen molar-refractivity contribution in [2.45, 2.75) is 6.92 Å². The summed E-state index contributed by atoms with van der Waals surface area (Å²) in [6.07, 6.45) is 0. The third-order valence-corrected chi connectivity index (χ3v) is 2.55. The fourth-order valence-corrected chi connectivity index (χ4v) is 1.46. The van der Waals surface area contributed by atoms with Gasteiger partial charge in [-0.1, -0.05) is 19.1 Å². The zero-order valence-electron chi connectivity index (χ0n) is 9.93. The molecule has 1 unspecified atom stereocenters. The second-order valence-electron chi connectivity index (χ2n) is 3.71. The van der Waals surface area contributed by atoms with Gasteiger partial charge in [0, 0.05) is 19.5 Å². The Balaban J connectivity index is 2.95. The highest BCUT2D eigenvalue weighted by atomic mass is 16.5. The molecule has 0 spiro atoms. The maximum absolute atomic E-state index is 11.9. The largest absolute Gasteiger partial charge is 0.495 e. The van der Waals surface area contributed by atoms with Crippen LogP contribution in [0.1, 0.15) is 6.92 Å². The molecule has 88 valence electrons. The van der Waals surface area contributed by atoms with Gasteiger partial charge in [-0.05, 0) is 12.1 Å². The highest BCUT2D eigenvalue weighted by Gasteiger charge is 2.19. The van der Waals surface area contributed by atoms with Crippen LogP contribution in [-0.4, -0.2) is 26.6 Å². The molecule has 0 bridgehead atoms. The molecule has 0 heterocycles. The van der Waals surface area contributed by atoms with Crippen LogP contribution in [0.3, 0.4) is 0 Å². The van der Waals surface area contributed by atoms with Crippen molar-refractivity contribution in [2.75, 3.05) is 25.6 Å². The molecule has 0 aromatic heterocycles. The van der Waals surface area contributed by atoms with Gasteiger partial charge in [0.15, 0.2) is 0 Å². The number of hydrogen-bond acceptors (Lipinski definition) is 3. The van der Waals surface area contributed by atoms with Crippen LogP contribution in [0.5, 0.6) is 5.75 Å². The molecule has 1 rings (SSSR count). The average Bonchev–Trinajstić information content (AvgIpc) is 2.35. The maximum Gasteiger partial charge on any atom is 0.230 e. The minimum Gasteiger partial charge on any atom is -0.495 e. The fraction of sp³-hybridized carbons (Fsp3) is 0.417. The number of hydrogen-bond donors (Lipinski definition) is 1. The molecule has 0 aliphatic carbocycles. The quantitative estimate of drug-likeness (QED) is 0.834. The molecule has 0 fully saturated rings. The van der Waals surface area contributed by atoms with Crippen molar-refractivity contribution in [3.05, 3.63) is 24.3 Å². The fourth-order valence-electron chi connectivity index (χ4n) is 1.46. The summed E-state index contributed by atoms with van der Waals surface area (Å²) in [7, 11) is 3.32. The number of methoxy groups -OCH3 is 1. The Bertz CT molecular complexity index is 366. The lowest BCUT2D eigenvalue weighted by Gasteiger charge is -2.22. The summed E-state index contributed by atoms with van der Waals surface area (Å²) in [5, 5.41) is 0. The van der Waals surface area contributed by atoms with Gasteiger partial charge in [-0.25, -0.2) is 0 Å². The lowest BCUT2D eigenvalue weighted by Crippen LogP contribution is -2.35. The van der Waals surface area contributed by atoms with Gasteiger partial charge < -0.3 is 15.4 Å². The minimum absolute atomic E-state index is 0.00741. The summed E-state index contributed by atoms with van der Waals surface area (Å²) < 4.78 is 5.20. The van der Waals surface area contributed by atoms with Crippen LogP contribution in [-0.2, 0) is 4.79 Å². The number of ether oxygens (including phenoxy) is 1. The monoisotopic (exact) mass is 222 g/mol. The standard InChI is InChI=1S/C12H18N2O2/c1-9(8-13)12(15)14(2)10-6-4-5-7-11(10)16-3/h4-7,9H,8,13H2,1-3H3. The van der Waals surface area contributed by atoms with Crippen LogP contribution >= 0.6 is 0 Å². The van der Waals surface area contributed by atoms with Crippen LogP contribution in [0.15, 0.2) is 24.3 Å². The van der Waals surface area contributed by atoms with Crippen molar-refractivity contribution < 1.29 is 9.53 Å². The van der Waals surface area contributed by atoms with E-state index in [0.29, 0.717) is 12.3 Å². The number of para-hydroxylation sites is 2. The van der Waals surface area contributed by atoms with E-state index in [9.17, 15) is 4.79 Å². The third kappa shape index (κ3) is 2.52. The molecule has 1 atom stereocenters. The van der Waals surface area contributed by atoms with Gasteiger partial charge in [0.25, 0.3) is 0 Å². The van der Waals surface area contributed by atoms with Crippen molar-refractivity contribution in [2.24, 2.45) is 11.7 Å². The SMILES string of the molecule is COc1ccccc1N(C)C(=O)C(C)CN. The first-order valence-corrected chi connectivity index (χ1v) is 5.22. The number of anilines is 1. The molecule has 2 N–H and O–H groups in total. The molecule has 1 aromatic rings. The average molecular weight is 222 g/mol. The van der Waals surface area contributed by atoms with Gasteiger partial charge in [0.2, 0.25) is 5.91 Å². The maximum atomic E-state index is 11.9. The smallest absolute Gasteiger partial charge is 0.230 e. The van der Waals surface area contributed by atoms with E-state index in [1.807, 2.05) is 31.2 Å². The van der Waals surface area contributed by atoms with Crippen molar-refractivity contribution in [3.8, 4) is 5.75 Å². The molecule has 1 amide bonds. The lowest BCUT2D eigenvalue weighted by atomic mass is 10.1. The van der Waals surface area contributed by atoms with Gasteiger partial charge in [-0.3, -0.25) is 4.79 Å². The van der Waals surface area contributed by atoms with Gasteiger partial charge in [-0.2, -0.15) is 0 Å². The number of rotatable bonds is 4. The summed E-state index contributed by atoms with van der Waals surface area (Å²) in [5.41, 5.74) is 6.24. The number of nitrogens with zero attached hydrogens (tertiary/aromatic N) is 1. The number of carbonyl (C=O) groups excluding carboxylic acids is 1. The normalized spacial score (nSPS) is 12.0. The molecule has 0 saturated carbocycles. The number of benzene rings is 1.